The van der Waals surface area contributed by atoms with Gasteiger partial charge in [-0.25, -0.2) is 17.9 Å². The third-order valence-corrected chi connectivity index (χ3v) is 5.01. The molecule has 1 aromatic heterocycles. The van der Waals surface area contributed by atoms with Gasteiger partial charge >= 0.3 is 5.97 Å². The molecule has 0 aliphatic heterocycles. The highest BCUT2D eigenvalue weighted by Gasteiger charge is 2.26. The molecule has 0 fully saturated rings. The predicted molar refractivity (Wildman–Crippen MR) is 80.3 cm³/mol. The first-order valence-corrected chi connectivity index (χ1v) is 8.12. The highest BCUT2D eigenvalue weighted by molar-refractivity contribution is 7.89. The Morgan fingerprint density at radius 2 is 1.91 bits per heavy atom. The highest BCUT2D eigenvalue weighted by atomic mass is 32.2. The van der Waals surface area contributed by atoms with Gasteiger partial charge < -0.3 is 9.52 Å². The minimum atomic E-state index is -3.87. The molecule has 0 saturated heterocycles. The molecule has 6 nitrogen and oxygen atoms in total. The van der Waals surface area contributed by atoms with E-state index in [0.717, 1.165) is 17.2 Å². The first kappa shape index (κ1) is 16.3. The van der Waals surface area contributed by atoms with Crippen molar-refractivity contribution in [2.24, 2.45) is 0 Å². The topological polar surface area (TPSA) is 96.6 Å². The molecule has 1 heterocycles. The zero-order chi connectivity index (χ0) is 16.5. The molecule has 0 aliphatic rings. The summed E-state index contributed by atoms with van der Waals surface area (Å²) in [5.41, 5.74) is 1.82. The van der Waals surface area contributed by atoms with Crippen molar-refractivity contribution in [2.75, 3.05) is 0 Å². The summed E-state index contributed by atoms with van der Waals surface area (Å²) in [5.74, 6) is -1.67. The molecule has 2 rings (SSSR count). The average Bonchev–Trinajstić information content (AvgIpc) is 2.82. The Hall–Kier alpha value is -2.12. The number of aromatic carboxylic acids is 1. The van der Waals surface area contributed by atoms with Crippen LogP contribution in [0.1, 0.15) is 40.4 Å². The highest BCUT2D eigenvalue weighted by Crippen LogP contribution is 2.23. The lowest BCUT2D eigenvalue weighted by Gasteiger charge is -2.16. The second-order valence-corrected chi connectivity index (χ2v) is 6.72. The number of rotatable bonds is 5. The second kappa shape index (κ2) is 5.94. The summed E-state index contributed by atoms with van der Waals surface area (Å²) in [7, 11) is -3.87. The summed E-state index contributed by atoms with van der Waals surface area (Å²) in [6.45, 7) is 5.04. The monoisotopic (exact) mass is 323 g/mol. The Morgan fingerprint density at radius 3 is 2.45 bits per heavy atom. The fourth-order valence-electron chi connectivity index (χ4n) is 2.27. The Morgan fingerprint density at radius 1 is 1.27 bits per heavy atom. The van der Waals surface area contributed by atoms with E-state index < -0.39 is 27.8 Å². The number of hydrogen-bond acceptors (Lipinski definition) is 4. The number of sulfonamides is 1. The molecule has 0 spiro atoms. The molecular weight excluding hydrogens is 306 g/mol. The van der Waals surface area contributed by atoms with E-state index in [1.807, 2.05) is 31.2 Å². The van der Waals surface area contributed by atoms with Crippen LogP contribution in [0.15, 0.2) is 39.6 Å². The maximum Gasteiger partial charge on any atom is 0.371 e. The van der Waals surface area contributed by atoms with Crippen molar-refractivity contribution in [3.8, 4) is 0 Å². The van der Waals surface area contributed by atoms with Crippen molar-refractivity contribution in [3.05, 3.63) is 53.0 Å². The van der Waals surface area contributed by atoms with E-state index in [2.05, 4.69) is 4.72 Å². The summed E-state index contributed by atoms with van der Waals surface area (Å²) in [5, 5.41) is 8.88. The van der Waals surface area contributed by atoms with Crippen molar-refractivity contribution in [3.63, 3.8) is 0 Å². The molecule has 0 radical (unpaired) electrons. The summed E-state index contributed by atoms with van der Waals surface area (Å²) in [6, 6.07) is 8.01. The van der Waals surface area contributed by atoms with E-state index in [-0.39, 0.29) is 10.7 Å². The molecule has 1 aromatic carbocycles. The number of furan rings is 1. The Labute approximate surface area is 128 Å². The van der Waals surface area contributed by atoms with E-state index in [9.17, 15) is 13.2 Å². The first-order valence-electron chi connectivity index (χ1n) is 6.64. The smallest absolute Gasteiger partial charge is 0.371 e. The van der Waals surface area contributed by atoms with Crippen molar-refractivity contribution >= 4 is 16.0 Å². The molecule has 0 saturated carbocycles. The van der Waals surface area contributed by atoms with Gasteiger partial charge in [0.2, 0.25) is 15.8 Å². The first-order chi connectivity index (χ1) is 10.2. The number of benzene rings is 1. The fourth-order valence-corrected chi connectivity index (χ4v) is 3.67. The molecule has 2 aromatic rings. The van der Waals surface area contributed by atoms with E-state index in [0.29, 0.717) is 0 Å². The average molecular weight is 323 g/mol. The van der Waals surface area contributed by atoms with E-state index in [1.54, 1.807) is 6.92 Å². The normalized spacial score (nSPS) is 13.0. The van der Waals surface area contributed by atoms with Gasteiger partial charge in [-0.1, -0.05) is 24.3 Å². The molecule has 1 unspecified atom stereocenters. The third kappa shape index (κ3) is 3.20. The van der Waals surface area contributed by atoms with Crippen LogP contribution in [0.5, 0.6) is 0 Å². The standard InChI is InChI=1S/C15H17NO5S/c1-9-6-4-5-7-12(9)10(2)16-22(19,20)14-8-13(15(17)18)21-11(14)3/h4-8,10,16H,1-3H3,(H,17,18). The number of carboxylic acids is 1. The summed E-state index contributed by atoms with van der Waals surface area (Å²) >= 11 is 0. The molecule has 0 amide bonds. The van der Waals surface area contributed by atoms with Gasteiger partial charge in [0, 0.05) is 12.1 Å². The van der Waals surface area contributed by atoms with Gasteiger partial charge in [0.1, 0.15) is 10.7 Å². The number of nitrogens with one attached hydrogen (secondary N) is 1. The van der Waals surface area contributed by atoms with Crippen LogP contribution < -0.4 is 4.72 Å². The Bertz CT molecular complexity index is 807. The zero-order valence-electron chi connectivity index (χ0n) is 12.5. The largest absolute Gasteiger partial charge is 0.475 e. The van der Waals surface area contributed by atoms with Gasteiger partial charge in [0.15, 0.2) is 0 Å². The number of carbonyl (C=O) groups is 1. The van der Waals surface area contributed by atoms with Crippen molar-refractivity contribution in [1.82, 2.24) is 4.72 Å². The van der Waals surface area contributed by atoms with Crippen LogP contribution in [0, 0.1) is 13.8 Å². The van der Waals surface area contributed by atoms with Crippen LogP contribution in [-0.4, -0.2) is 19.5 Å². The van der Waals surface area contributed by atoms with E-state index in [4.69, 9.17) is 9.52 Å². The van der Waals surface area contributed by atoms with Crippen LogP contribution in [0.3, 0.4) is 0 Å². The van der Waals surface area contributed by atoms with E-state index >= 15 is 0 Å². The number of aryl methyl sites for hydroxylation is 2. The Kier molecular flexibility index (Phi) is 4.39. The number of carboxylic acid groups (broad SMARTS) is 1. The third-order valence-electron chi connectivity index (χ3n) is 3.36. The van der Waals surface area contributed by atoms with Crippen molar-refractivity contribution < 1.29 is 22.7 Å². The number of hydrogen-bond donors (Lipinski definition) is 2. The van der Waals surface area contributed by atoms with E-state index in [1.165, 1.54) is 6.92 Å². The SMILES string of the molecule is Cc1ccccc1C(C)NS(=O)(=O)c1cc(C(=O)O)oc1C. The zero-order valence-corrected chi connectivity index (χ0v) is 13.3. The molecule has 0 aliphatic carbocycles. The molecule has 2 N–H and O–H groups in total. The minimum Gasteiger partial charge on any atom is -0.475 e. The van der Waals surface area contributed by atoms with Crippen LogP contribution in [0.4, 0.5) is 0 Å². The quantitative estimate of drug-likeness (QED) is 0.881. The van der Waals surface area contributed by atoms with Gasteiger partial charge in [-0.2, -0.15) is 0 Å². The summed E-state index contributed by atoms with van der Waals surface area (Å²) < 4.78 is 32.3. The van der Waals surface area contributed by atoms with Crippen LogP contribution in [-0.2, 0) is 10.0 Å². The predicted octanol–water partition coefficient (Wildman–Crippen LogP) is 2.63. The molecule has 118 valence electrons. The fraction of sp³-hybridized carbons (Fsp3) is 0.267. The maximum absolute atomic E-state index is 12.4. The van der Waals surface area contributed by atoms with Gasteiger partial charge in [0.05, 0.1) is 0 Å². The van der Waals surface area contributed by atoms with Gasteiger partial charge in [0.25, 0.3) is 0 Å². The van der Waals surface area contributed by atoms with Crippen LogP contribution in [0.2, 0.25) is 0 Å². The summed E-state index contributed by atoms with van der Waals surface area (Å²) in [6.07, 6.45) is 0. The molecular formula is C15H17NO5S. The van der Waals surface area contributed by atoms with Gasteiger partial charge in [-0.3, -0.25) is 0 Å². The van der Waals surface area contributed by atoms with Crippen LogP contribution in [0.25, 0.3) is 0 Å². The van der Waals surface area contributed by atoms with Gasteiger partial charge in [-0.15, -0.1) is 0 Å². The van der Waals surface area contributed by atoms with Crippen molar-refractivity contribution in [1.29, 1.82) is 0 Å². The van der Waals surface area contributed by atoms with Gasteiger partial charge in [-0.05, 0) is 31.9 Å². The lowest BCUT2D eigenvalue weighted by Crippen LogP contribution is -2.27. The van der Waals surface area contributed by atoms with Crippen LogP contribution >= 0.6 is 0 Å². The minimum absolute atomic E-state index is 0.0434. The Balaban J connectivity index is 2.32. The van der Waals surface area contributed by atoms with Crippen molar-refractivity contribution in [2.45, 2.75) is 31.7 Å². The molecule has 22 heavy (non-hydrogen) atoms. The second-order valence-electron chi connectivity index (χ2n) is 5.04. The molecule has 7 heteroatoms. The molecule has 0 bridgehead atoms. The summed E-state index contributed by atoms with van der Waals surface area (Å²) in [4.78, 5) is 10.7. The lowest BCUT2D eigenvalue weighted by atomic mass is 10.0. The lowest BCUT2D eigenvalue weighted by molar-refractivity contribution is 0.0661. The maximum atomic E-state index is 12.4. The molecule has 1 atom stereocenters.